The van der Waals surface area contributed by atoms with Crippen molar-refractivity contribution in [3.05, 3.63) is 0 Å². The maximum absolute atomic E-state index is 12.0. The van der Waals surface area contributed by atoms with Gasteiger partial charge in [-0.15, -0.1) is 0 Å². The number of Topliss-reactive ketones (excluding diaryl/α,β-unsaturated/α-hetero) is 1. The van der Waals surface area contributed by atoms with E-state index < -0.39 is 0 Å². The first-order valence-corrected chi connectivity index (χ1v) is 8.97. The maximum atomic E-state index is 12.0. The van der Waals surface area contributed by atoms with Crippen molar-refractivity contribution in [1.29, 1.82) is 0 Å². The highest BCUT2D eigenvalue weighted by atomic mass is 16.1. The topological polar surface area (TPSA) is 17.1 Å². The Morgan fingerprint density at radius 2 is 1.70 bits per heavy atom. The molecule has 0 amide bonds. The lowest BCUT2D eigenvalue weighted by Crippen LogP contribution is -2.50. The Bertz CT molecular complexity index is 441. The van der Waals surface area contributed by atoms with Crippen LogP contribution in [0.1, 0.15) is 72.1 Å². The van der Waals surface area contributed by atoms with Crippen LogP contribution in [-0.2, 0) is 4.79 Å². The van der Waals surface area contributed by atoms with Crippen LogP contribution in [0.3, 0.4) is 0 Å². The van der Waals surface area contributed by atoms with E-state index >= 15 is 0 Å². The molecule has 4 saturated carbocycles. The zero-order valence-corrected chi connectivity index (χ0v) is 13.5. The van der Waals surface area contributed by atoms with Gasteiger partial charge >= 0.3 is 0 Å². The molecule has 20 heavy (non-hydrogen) atoms. The minimum Gasteiger partial charge on any atom is -0.300 e. The summed E-state index contributed by atoms with van der Waals surface area (Å²) in [6.07, 6.45) is 10.3. The number of hydrogen-bond donors (Lipinski definition) is 0. The van der Waals surface area contributed by atoms with Crippen LogP contribution in [0, 0.1) is 40.4 Å². The van der Waals surface area contributed by atoms with Crippen molar-refractivity contribution in [1.82, 2.24) is 0 Å². The van der Waals surface area contributed by atoms with Crippen LogP contribution in [0.25, 0.3) is 0 Å². The Hall–Kier alpha value is -0.330. The van der Waals surface area contributed by atoms with Gasteiger partial charge in [-0.25, -0.2) is 0 Å². The van der Waals surface area contributed by atoms with Crippen LogP contribution in [0.15, 0.2) is 0 Å². The summed E-state index contributed by atoms with van der Waals surface area (Å²) in [5.41, 5.74) is 0.986. The number of fused-ring (bicyclic) bond motifs is 5. The van der Waals surface area contributed by atoms with Crippen LogP contribution in [0.2, 0.25) is 0 Å². The van der Waals surface area contributed by atoms with Gasteiger partial charge in [0.2, 0.25) is 0 Å². The van der Waals surface area contributed by atoms with Crippen molar-refractivity contribution in [2.24, 2.45) is 40.4 Å². The third-order valence-corrected chi connectivity index (χ3v) is 8.59. The Morgan fingerprint density at radius 3 is 2.50 bits per heavy atom. The highest BCUT2D eigenvalue weighted by molar-refractivity contribution is 5.82. The molecule has 0 N–H and O–H groups in total. The molecule has 1 heteroatoms. The molecule has 0 heterocycles. The van der Waals surface area contributed by atoms with E-state index in [9.17, 15) is 4.79 Å². The molecule has 1 nitrogen and oxygen atoms in total. The zero-order valence-electron chi connectivity index (χ0n) is 13.5. The van der Waals surface area contributed by atoms with Gasteiger partial charge in [-0.1, -0.05) is 20.8 Å². The first-order chi connectivity index (χ1) is 9.45. The summed E-state index contributed by atoms with van der Waals surface area (Å²) < 4.78 is 0. The van der Waals surface area contributed by atoms with Crippen LogP contribution in [0.5, 0.6) is 0 Å². The fraction of sp³-hybridized carbons (Fsp3) is 0.947. The predicted octanol–water partition coefficient (Wildman–Crippen LogP) is 4.84. The standard InChI is InChI=1S/C19H30O/c1-12-4-7-16-15-6-5-13-10-14(20)11-19(13,3)17(15)8-9-18(12,16)2/h12-13,15-17H,4-11H2,1-3H3/t12?,13-,15-,16-,17-,18+,19-/m0/s1. The van der Waals surface area contributed by atoms with Crippen molar-refractivity contribution in [2.75, 3.05) is 0 Å². The molecule has 0 aromatic rings. The summed E-state index contributed by atoms with van der Waals surface area (Å²) in [4.78, 5) is 12.0. The van der Waals surface area contributed by atoms with E-state index in [1.165, 1.54) is 38.5 Å². The lowest BCUT2D eigenvalue weighted by molar-refractivity contribution is -0.119. The average Bonchev–Trinajstić information content (AvgIpc) is 2.86. The van der Waals surface area contributed by atoms with E-state index in [0.29, 0.717) is 16.6 Å². The highest BCUT2D eigenvalue weighted by Gasteiger charge is 2.60. The minimum absolute atomic E-state index is 0.368. The van der Waals surface area contributed by atoms with Crippen molar-refractivity contribution in [2.45, 2.75) is 72.1 Å². The smallest absolute Gasteiger partial charge is 0.133 e. The van der Waals surface area contributed by atoms with E-state index in [-0.39, 0.29) is 0 Å². The average molecular weight is 274 g/mol. The molecule has 0 spiro atoms. The second-order valence-electron chi connectivity index (χ2n) is 9.10. The second kappa shape index (κ2) is 4.11. The number of ketones is 1. The van der Waals surface area contributed by atoms with Crippen molar-refractivity contribution < 1.29 is 4.79 Å². The molecule has 0 aromatic heterocycles. The van der Waals surface area contributed by atoms with E-state index in [2.05, 4.69) is 20.8 Å². The van der Waals surface area contributed by atoms with Crippen LogP contribution in [0.4, 0.5) is 0 Å². The molecule has 4 rings (SSSR count). The molecule has 0 radical (unpaired) electrons. The van der Waals surface area contributed by atoms with Gasteiger partial charge in [0.15, 0.2) is 0 Å². The molecule has 112 valence electrons. The fourth-order valence-corrected chi connectivity index (χ4v) is 7.18. The van der Waals surface area contributed by atoms with Gasteiger partial charge in [0, 0.05) is 12.8 Å². The zero-order chi connectivity index (χ0) is 14.1. The Labute approximate surface area is 123 Å². The molecule has 0 saturated heterocycles. The number of carbonyl (C=O) groups is 1. The number of hydrogen-bond acceptors (Lipinski definition) is 1. The van der Waals surface area contributed by atoms with Crippen LogP contribution >= 0.6 is 0 Å². The lowest BCUT2D eigenvalue weighted by atomic mass is 9.48. The van der Waals surface area contributed by atoms with E-state index in [1.807, 2.05) is 0 Å². The van der Waals surface area contributed by atoms with Crippen LogP contribution < -0.4 is 0 Å². The first-order valence-electron chi connectivity index (χ1n) is 8.97. The molecule has 4 aliphatic carbocycles. The number of rotatable bonds is 0. The minimum atomic E-state index is 0.368. The third kappa shape index (κ3) is 1.53. The lowest BCUT2D eigenvalue weighted by Gasteiger charge is -2.57. The Kier molecular flexibility index (Phi) is 2.74. The van der Waals surface area contributed by atoms with Gasteiger partial charge < -0.3 is 0 Å². The normalized spacial score (nSPS) is 58.1. The fourth-order valence-electron chi connectivity index (χ4n) is 7.18. The van der Waals surface area contributed by atoms with Gasteiger partial charge in [0.25, 0.3) is 0 Å². The summed E-state index contributed by atoms with van der Waals surface area (Å²) in [6, 6.07) is 0. The summed E-state index contributed by atoms with van der Waals surface area (Å²) in [7, 11) is 0. The molecule has 1 unspecified atom stereocenters. The first kappa shape index (κ1) is 13.3. The second-order valence-corrected chi connectivity index (χ2v) is 9.10. The van der Waals surface area contributed by atoms with E-state index in [1.54, 1.807) is 0 Å². The molecule has 4 fully saturated rings. The Balaban J connectivity index is 1.67. The molecule has 0 aromatic carbocycles. The van der Waals surface area contributed by atoms with Gasteiger partial charge in [0.05, 0.1) is 0 Å². The molecular weight excluding hydrogens is 244 g/mol. The van der Waals surface area contributed by atoms with Gasteiger partial charge in [-0.05, 0) is 78.9 Å². The van der Waals surface area contributed by atoms with Gasteiger partial charge in [-0.2, -0.15) is 0 Å². The molecule has 7 atom stereocenters. The molecule has 0 aliphatic heterocycles. The van der Waals surface area contributed by atoms with Crippen molar-refractivity contribution in [3.8, 4) is 0 Å². The molecular formula is C19H30O. The van der Waals surface area contributed by atoms with Crippen LogP contribution in [-0.4, -0.2) is 5.78 Å². The Morgan fingerprint density at radius 1 is 0.950 bits per heavy atom. The number of carbonyl (C=O) groups excluding carboxylic acids is 1. The van der Waals surface area contributed by atoms with E-state index in [0.717, 1.165) is 42.4 Å². The maximum Gasteiger partial charge on any atom is 0.133 e. The highest BCUT2D eigenvalue weighted by Crippen LogP contribution is 2.67. The van der Waals surface area contributed by atoms with Gasteiger partial charge in [-0.3, -0.25) is 4.79 Å². The quantitative estimate of drug-likeness (QED) is 0.617. The summed E-state index contributed by atoms with van der Waals surface area (Å²) >= 11 is 0. The summed E-state index contributed by atoms with van der Waals surface area (Å²) in [5.74, 6) is 4.96. The third-order valence-electron chi connectivity index (χ3n) is 8.59. The summed E-state index contributed by atoms with van der Waals surface area (Å²) in [5, 5.41) is 0. The monoisotopic (exact) mass is 274 g/mol. The van der Waals surface area contributed by atoms with Crippen molar-refractivity contribution >= 4 is 5.78 Å². The molecule has 4 aliphatic rings. The van der Waals surface area contributed by atoms with Crippen molar-refractivity contribution in [3.63, 3.8) is 0 Å². The van der Waals surface area contributed by atoms with E-state index in [4.69, 9.17) is 0 Å². The summed E-state index contributed by atoms with van der Waals surface area (Å²) in [6.45, 7) is 7.55. The molecule has 0 bridgehead atoms. The predicted molar refractivity (Wildman–Crippen MR) is 81.3 cm³/mol. The largest absolute Gasteiger partial charge is 0.300 e. The van der Waals surface area contributed by atoms with Gasteiger partial charge in [0.1, 0.15) is 5.78 Å². The SMILES string of the molecule is CC1CC[C@H]2[C@@H]3CC[C@H]4CC(=O)C[C@]4(C)[C@H]3CC[C@]12C.